The molecule has 0 heteroatoms. The van der Waals surface area contributed by atoms with Crippen molar-refractivity contribution in [3.63, 3.8) is 0 Å². The van der Waals surface area contributed by atoms with E-state index >= 15 is 0 Å². The van der Waals surface area contributed by atoms with Crippen molar-refractivity contribution < 1.29 is 0 Å². The Hall–Kier alpha value is -1.70. The monoisotopic (exact) mass is 196 g/mol. The van der Waals surface area contributed by atoms with Gasteiger partial charge in [-0.3, -0.25) is 0 Å². The van der Waals surface area contributed by atoms with Crippen molar-refractivity contribution in [2.45, 2.75) is 26.2 Å². The minimum absolute atomic E-state index is 0.975. The molecule has 0 aliphatic rings. The minimum Gasteiger partial charge on any atom is -0.128 e. The molecule has 1 aromatic rings. The first kappa shape index (κ1) is 11.4. The Balaban J connectivity index is 2.82. The van der Waals surface area contributed by atoms with Gasteiger partial charge in [-0.1, -0.05) is 50.0 Å². The van der Waals surface area contributed by atoms with Crippen LogP contribution < -0.4 is 0 Å². The number of rotatable bonds is 3. The maximum atomic E-state index is 3.58. The van der Waals surface area contributed by atoms with Crippen LogP contribution in [0, 0.1) is 11.8 Å². The van der Waals surface area contributed by atoms with Gasteiger partial charge < -0.3 is 0 Å². The summed E-state index contributed by atoms with van der Waals surface area (Å²) < 4.78 is 0. The van der Waals surface area contributed by atoms with Crippen molar-refractivity contribution in [3.8, 4) is 11.8 Å². The largest absolute Gasteiger partial charge is 0.128 e. The average Bonchev–Trinajstić information content (AvgIpc) is 2.27. The van der Waals surface area contributed by atoms with Gasteiger partial charge in [-0.25, -0.2) is 0 Å². The molecule has 0 bridgehead atoms. The Bertz CT molecular complexity index is 409. The highest BCUT2D eigenvalue weighted by Crippen LogP contribution is 2.08. The Morgan fingerprint density at radius 3 is 2.87 bits per heavy atom. The molecule has 15 heavy (non-hydrogen) atoms. The Kier molecular flexibility index (Phi) is 5.09. The number of hydrogen-bond acceptors (Lipinski definition) is 0. The number of benzene rings is 1. The highest BCUT2D eigenvalue weighted by atomic mass is 14.0. The van der Waals surface area contributed by atoms with E-state index < -0.39 is 0 Å². The van der Waals surface area contributed by atoms with Crippen LogP contribution >= 0.6 is 0 Å². The summed E-state index contributed by atoms with van der Waals surface area (Å²) in [7, 11) is 0. The molecule has 0 saturated heterocycles. The molecule has 76 valence electrons. The summed E-state index contributed by atoms with van der Waals surface area (Å²) in [4.78, 5) is 0. The fraction of sp³-hybridized carbons (Fsp3) is 0.267. The molecule has 0 atom stereocenters. The minimum atomic E-state index is 0.975. The van der Waals surface area contributed by atoms with E-state index in [-0.39, 0.29) is 0 Å². The van der Waals surface area contributed by atoms with Gasteiger partial charge in [0.2, 0.25) is 0 Å². The predicted octanol–water partition coefficient (Wildman–Crippen LogP) is 4.03. The van der Waals surface area contributed by atoms with Crippen molar-refractivity contribution in [1.29, 1.82) is 0 Å². The van der Waals surface area contributed by atoms with E-state index in [1.165, 1.54) is 12.8 Å². The van der Waals surface area contributed by atoms with E-state index in [0.29, 0.717) is 0 Å². The van der Waals surface area contributed by atoms with Gasteiger partial charge in [0.25, 0.3) is 0 Å². The highest BCUT2D eigenvalue weighted by molar-refractivity contribution is 5.58. The lowest BCUT2D eigenvalue weighted by molar-refractivity contribution is 0.828. The fourth-order valence-electron chi connectivity index (χ4n) is 1.27. The quantitative estimate of drug-likeness (QED) is 0.389. The van der Waals surface area contributed by atoms with Crippen LogP contribution in [0.4, 0.5) is 0 Å². The predicted molar refractivity (Wildman–Crippen MR) is 66.4 cm³/mol. The standard InChI is InChI=1S/C15H16/c1-3-5-6-7-11-15-13-9-8-12-14(15)10-4-2/h8-10,12-13H,2-3,5-6H2,1H3. The van der Waals surface area contributed by atoms with Gasteiger partial charge in [-0.15, -0.1) is 5.73 Å². The summed E-state index contributed by atoms with van der Waals surface area (Å²) in [6.07, 6.45) is 5.21. The van der Waals surface area contributed by atoms with Crippen LogP contribution in [0.3, 0.4) is 0 Å². The van der Waals surface area contributed by atoms with E-state index in [9.17, 15) is 0 Å². The van der Waals surface area contributed by atoms with Gasteiger partial charge in [0, 0.05) is 12.0 Å². The molecule has 0 saturated carbocycles. The van der Waals surface area contributed by atoms with Crippen LogP contribution in [0.5, 0.6) is 0 Å². The van der Waals surface area contributed by atoms with Crippen LogP contribution in [0.1, 0.15) is 37.3 Å². The maximum absolute atomic E-state index is 3.58. The Morgan fingerprint density at radius 1 is 1.33 bits per heavy atom. The SMILES string of the molecule is C=C=Cc1ccccc1C#CCCCC. The third kappa shape index (κ3) is 3.90. The van der Waals surface area contributed by atoms with E-state index in [0.717, 1.165) is 17.5 Å². The molecule has 1 aromatic carbocycles. The molecular weight excluding hydrogens is 180 g/mol. The smallest absolute Gasteiger partial charge is 0.0323 e. The molecule has 0 aromatic heterocycles. The molecule has 0 N–H and O–H groups in total. The molecule has 0 radical (unpaired) electrons. The van der Waals surface area contributed by atoms with Gasteiger partial charge in [0.05, 0.1) is 0 Å². The third-order valence-corrected chi connectivity index (χ3v) is 2.10. The van der Waals surface area contributed by atoms with Gasteiger partial charge in [-0.2, -0.15) is 0 Å². The maximum Gasteiger partial charge on any atom is 0.0323 e. The molecule has 0 amide bonds. The molecular formula is C15H16. The second-order valence-electron chi connectivity index (χ2n) is 3.34. The lowest BCUT2D eigenvalue weighted by Gasteiger charge is -1.95. The van der Waals surface area contributed by atoms with Crippen LogP contribution in [-0.4, -0.2) is 0 Å². The number of unbranched alkanes of at least 4 members (excludes halogenated alkanes) is 2. The van der Waals surface area contributed by atoms with Crippen LogP contribution in [0.25, 0.3) is 6.08 Å². The Morgan fingerprint density at radius 2 is 2.13 bits per heavy atom. The van der Waals surface area contributed by atoms with Gasteiger partial charge >= 0.3 is 0 Å². The normalized spacial score (nSPS) is 8.60. The third-order valence-electron chi connectivity index (χ3n) is 2.10. The van der Waals surface area contributed by atoms with Crippen molar-refractivity contribution in [1.82, 2.24) is 0 Å². The van der Waals surface area contributed by atoms with Crippen LogP contribution in [-0.2, 0) is 0 Å². The van der Waals surface area contributed by atoms with Crippen LogP contribution in [0.15, 0.2) is 36.6 Å². The summed E-state index contributed by atoms with van der Waals surface area (Å²) in [5, 5.41) is 0. The summed E-state index contributed by atoms with van der Waals surface area (Å²) in [5.41, 5.74) is 4.94. The van der Waals surface area contributed by atoms with Crippen molar-refractivity contribution in [2.75, 3.05) is 0 Å². The van der Waals surface area contributed by atoms with E-state index in [1.54, 1.807) is 0 Å². The van der Waals surface area contributed by atoms with E-state index in [4.69, 9.17) is 0 Å². The zero-order valence-electron chi connectivity index (χ0n) is 9.22. The summed E-state index contributed by atoms with van der Waals surface area (Å²) >= 11 is 0. The molecule has 0 fully saturated rings. The molecule has 0 aliphatic heterocycles. The summed E-state index contributed by atoms with van der Waals surface area (Å²) in [6.45, 7) is 5.75. The zero-order valence-corrected chi connectivity index (χ0v) is 9.22. The number of hydrogen-bond donors (Lipinski definition) is 0. The first-order valence-electron chi connectivity index (χ1n) is 5.32. The average molecular weight is 196 g/mol. The van der Waals surface area contributed by atoms with E-state index in [1.807, 2.05) is 30.3 Å². The molecule has 0 nitrogen and oxygen atoms in total. The molecule has 0 unspecified atom stereocenters. The van der Waals surface area contributed by atoms with Gasteiger partial charge in [0.1, 0.15) is 0 Å². The van der Waals surface area contributed by atoms with Crippen LogP contribution in [0.2, 0.25) is 0 Å². The molecule has 0 spiro atoms. The fourth-order valence-corrected chi connectivity index (χ4v) is 1.27. The zero-order chi connectivity index (χ0) is 10.9. The second kappa shape index (κ2) is 6.71. The summed E-state index contributed by atoms with van der Waals surface area (Å²) in [5.74, 6) is 6.37. The lowest BCUT2D eigenvalue weighted by Crippen LogP contribution is -1.80. The molecule has 1 rings (SSSR count). The Labute approximate surface area is 92.3 Å². The van der Waals surface area contributed by atoms with Crippen molar-refractivity contribution >= 4 is 6.08 Å². The topological polar surface area (TPSA) is 0 Å². The van der Waals surface area contributed by atoms with Gasteiger partial charge in [-0.05, 0) is 24.1 Å². The lowest BCUT2D eigenvalue weighted by atomic mass is 10.1. The summed E-state index contributed by atoms with van der Waals surface area (Å²) in [6, 6.07) is 8.06. The highest BCUT2D eigenvalue weighted by Gasteiger charge is 1.92. The second-order valence-corrected chi connectivity index (χ2v) is 3.34. The first-order valence-corrected chi connectivity index (χ1v) is 5.32. The van der Waals surface area contributed by atoms with Gasteiger partial charge in [0.15, 0.2) is 0 Å². The van der Waals surface area contributed by atoms with Crippen molar-refractivity contribution in [2.24, 2.45) is 0 Å². The van der Waals surface area contributed by atoms with Crippen molar-refractivity contribution in [3.05, 3.63) is 47.7 Å². The molecule has 0 heterocycles. The molecule has 0 aliphatic carbocycles. The first-order chi connectivity index (χ1) is 7.38. The van der Waals surface area contributed by atoms with E-state index in [2.05, 4.69) is 31.1 Å².